The van der Waals surface area contributed by atoms with Gasteiger partial charge in [-0.15, -0.1) is 0 Å². The van der Waals surface area contributed by atoms with E-state index in [9.17, 15) is 0 Å². The van der Waals surface area contributed by atoms with Crippen LogP contribution in [0.2, 0.25) is 0 Å². The number of nitrogens with one attached hydrogen (secondary N) is 2. The van der Waals surface area contributed by atoms with Gasteiger partial charge in [0.2, 0.25) is 0 Å². The number of hydrogen-bond donors (Lipinski definition) is 2. The van der Waals surface area contributed by atoms with E-state index in [-0.39, 0.29) is 5.54 Å². The molecule has 0 aliphatic rings. The van der Waals surface area contributed by atoms with Gasteiger partial charge in [-0.2, -0.15) is 0 Å². The van der Waals surface area contributed by atoms with E-state index in [0.717, 1.165) is 5.69 Å². The maximum Gasteiger partial charge on any atom is 0.0338 e. The number of anilines is 1. The summed E-state index contributed by atoms with van der Waals surface area (Å²) in [5, 5.41) is 3.10. The number of hydrogen-bond acceptors (Lipinski definition) is 3. The third-order valence-electron chi connectivity index (χ3n) is 1.62. The van der Waals surface area contributed by atoms with Crippen LogP contribution >= 0.6 is 11.9 Å². The topological polar surface area (TPSA) is 24.1 Å². The molecule has 0 atom stereocenters. The summed E-state index contributed by atoms with van der Waals surface area (Å²) in [5.41, 5.74) is 1.29. The summed E-state index contributed by atoms with van der Waals surface area (Å²) >= 11 is 1.67. The molecule has 0 spiro atoms. The van der Waals surface area contributed by atoms with Crippen molar-refractivity contribution in [2.24, 2.45) is 0 Å². The van der Waals surface area contributed by atoms with Crippen LogP contribution in [0.25, 0.3) is 0 Å². The Hall–Kier alpha value is -0.670. The third-order valence-corrected chi connectivity index (χ3v) is 2.84. The minimum absolute atomic E-state index is 0.145. The van der Waals surface area contributed by atoms with Gasteiger partial charge in [0.05, 0.1) is 0 Å². The van der Waals surface area contributed by atoms with Crippen LogP contribution in [0.1, 0.15) is 20.8 Å². The summed E-state index contributed by atoms with van der Waals surface area (Å²) in [6, 6.07) is 8.36. The molecule has 0 heterocycles. The average molecular weight is 210 g/mol. The zero-order valence-corrected chi connectivity index (χ0v) is 10.0. The van der Waals surface area contributed by atoms with Crippen molar-refractivity contribution in [1.82, 2.24) is 4.72 Å². The zero-order valence-electron chi connectivity index (χ0n) is 9.22. The van der Waals surface area contributed by atoms with Crippen LogP contribution in [0, 0.1) is 0 Å². The van der Waals surface area contributed by atoms with E-state index in [1.807, 2.05) is 7.05 Å². The molecule has 0 radical (unpaired) electrons. The van der Waals surface area contributed by atoms with Crippen molar-refractivity contribution in [3.05, 3.63) is 24.3 Å². The van der Waals surface area contributed by atoms with Gasteiger partial charge < -0.3 is 5.32 Å². The summed E-state index contributed by atoms with van der Waals surface area (Å²) in [6.07, 6.45) is 0. The molecule has 1 aromatic rings. The minimum Gasteiger partial charge on any atom is -0.388 e. The van der Waals surface area contributed by atoms with Crippen molar-refractivity contribution >= 4 is 17.6 Å². The normalized spacial score (nSPS) is 11.4. The molecule has 1 rings (SSSR count). The Bertz CT molecular complexity index is 274. The molecule has 0 saturated heterocycles. The molecule has 0 unspecified atom stereocenters. The fourth-order valence-corrected chi connectivity index (χ4v) is 1.60. The number of benzene rings is 1. The standard InChI is InChI=1S/C11H18N2S/c1-11(2,3)13-14-10-7-5-9(12-4)6-8-10/h5-8,12-13H,1-4H3. The van der Waals surface area contributed by atoms with Crippen molar-refractivity contribution in [3.63, 3.8) is 0 Å². The second-order valence-corrected chi connectivity index (χ2v) is 5.11. The van der Waals surface area contributed by atoms with Crippen LogP contribution in [0.15, 0.2) is 29.2 Å². The number of rotatable bonds is 3. The molecule has 0 bridgehead atoms. The lowest BCUT2D eigenvalue weighted by Gasteiger charge is -2.19. The molecule has 3 heteroatoms. The molecular weight excluding hydrogens is 192 g/mol. The molecule has 0 aliphatic heterocycles. The van der Waals surface area contributed by atoms with Gasteiger partial charge in [0.15, 0.2) is 0 Å². The summed E-state index contributed by atoms with van der Waals surface area (Å²) in [6.45, 7) is 6.46. The first-order valence-electron chi connectivity index (χ1n) is 4.73. The fraction of sp³-hybridized carbons (Fsp3) is 0.455. The van der Waals surface area contributed by atoms with Crippen molar-refractivity contribution in [2.45, 2.75) is 31.2 Å². The van der Waals surface area contributed by atoms with Crippen LogP contribution in [0.4, 0.5) is 5.69 Å². The maximum atomic E-state index is 3.37. The molecule has 78 valence electrons. The maximum absolute atomic E-state index is 3.37. The van der Waals surface area contributed by atoms with Gasteiger partial charge in [-0.3, -0.25) is 4.72 Å². The first-order chi connectivity index (χ1) is 6.51. The van der Waals surface area contributed by atoms with Crippen molar-refractivity contribution < 1.29 is 0 Å². The fourth-order valence-electron chi connectivity index (χ4n) is 0.902. The second kappa shape index (κ2) is 4.71. The molecule has 0 saturated carbocycles. The third kappa shape index (κ3) is 4.03. The molecule has 2 N–H and O–H groups in total. The van der Waals surface area contributed by atoms with Crippen molar-refractivity contribution in [3.8, 4) is 0 Å². The summed E-state index contributed by atoms with van der Waals surface area (Å²) in [5.74, 6) is 0. The first-order valence-corrected chi connectivity index (χ1v) is 5.55. The Morgan fingerprint density at radius 3 is 2.07 bits per heavy atom. The van der Waals surface area contributed by atoms with Crippen LogP contribution < -0.4 is 10.0 Å². The predicted octanol–water partition coefficient (Wildman–Crippen LogP) is 3.12. The highest BCUT2D eigenvalue weighted by Crippen LogP contribution is 2.19. The quantitative estimate of drug-likeness (QED) is 0.750. The molecule has 14 heavy (non-hydrogen) atoms. The summed E-state index contributed by atoms with van der Waals surface area (Å²) in [4.78, 5) is 1.24. The van der Waals surface area contributed by atoms with Crippen LogP contribution in [-0.2, 0) is 0 Å². The highest BCUT2D eigenvalue weighted by Gasteiger charge is 2.08. The van der Waals surface area contributed by atoms with E-state index < -0.39 is 0 Å². The largest absolute Gasteiger partial charge is 0.388 e. The van der Waals surface area contributed by atoms with Crippen molar-refractivity contribution in [2.75, 3.05) is 12.4 Å². The van der Waals surface area contributed by atoms with Gasteiger partial charge in [0.1, 0.15) is 0 Å². The summed E-state index contributed by atoms with van der Waals surface area (Å²) < 4.78 is 3.37. The van der Waals surface area contributed by atoms with E-state index in [0.29, 0.717) is 0 Å². The van der Waals surface area contributed by atoms with Gasteiger partial charge >= 0.3 is 0 Å². The zero-order chi connectivity index (χ0) is 10.6. The second-order valence-electron chi connectivity index (χ2n) is 4.23. The monoisotopic (exact) mass is 210 g/mol. The molecule has 0 fully saturated rings. The molecule has 0 aliphatic carbocycles. The highest BCUT2D eigenvalue weighted by molar-refractivity contribution is 7.97. The lowest BCUT2D eigenvalue weighted by atomic mass is 10.1. The minimum atomic E-state index is 0.145. The SMILES string of the molecule is CNc1ccc(SNC(C)(C)C)cc1. The van der Waals surface area contributed by atoms with E-state index in [4.69, 9.17) is 0 Å². The highest BCUT2D eigenvalue weighted by atomic mass is 32.2. The molecule has 1 aromatic carbocycles. The van der Waals surface area contributed by atoms with E-state index in [2.05, 4.69) is 55.1 Å². The lowest BCUT2D eigenvalue weighted by molar-refractivity contribution is 0.535. The molecule has 0 aromatic heterocycles. The smallest absolute Gasteiger partial charge is 0.0338 e. The van der Waals surface area contributed by atoms with Crippen LogP contribution in [-0.4, -0.2) is 12.6 Å². The Morgan fingerprint density at radius 1 is 1.07 bits per heavy atom. The Kier molecular flexibility index (Phi) is 3.84. The molecular formula is C11H18N2S. The van der Waals surface area contributed by atoms with Gasteiger partial charge in [-0.05, 0) is 57.0 Å². The lowest BCUT2D eigenvalue weighted by Crippen LogP contribution is -2.29. The van der Waals surface area contributed by atoms with Gasteiger partial charge in [-0.1, -0.05) is 0 Å². The molecule has 0 amide bonds. The van der Waals surface area contributed by atoms with E-state index in [1.54, 1.807) is 11.9 Å². The van der Waals surface area contributed by atoms with Gasteiger partial charge in [-0.25, -0.2) is 0 Å². The Balaban J connectivity index is 2.52. The summed E-state index contributed by atoms with van der Waals surface area (Å²) in [7, 11) is 1.93. The van der Waals surface area contributed by atoms with Gasteiger partial charge in [0, 0.05) is 23.2 Å². The first kappa shape index (κ1) is 11.4. The predicted molar refractivity (Wildman–Crippen MR) is 64.7 cm³/mol. The van der Waals surface area contributed by atoms with Gasteiger partial charge in [0.25, 0.3) is 0 Å². The van der Waals surface area contributed by atoms with E-state index >= 15 is 0 Å². The average Bonchev–Trinajstić information content (AvgIpc) is 2.14. The van der Waals surface area contributed by atoms with Crippen LogP contribution in [0.5, 0.6) is 0 Å². The van der Waals surface area contributed by atoms with Crippen LogP contribution in [0.3, 0.4) is 0 Å². The Morgan fingerprint density at radius 2 is 1.64 bits per heavy atom. The Labute approximate surface area is 90.6 Å². The van der Waals surface area contributed by atoms with E-state index in [1.165, 1.54) is 4.90 Å². The molecule has 2 nitrogen and oxygen atoms in total. The van der Waals surface area contributed by atoms with Crippen molar-refractivity contribution in [1.29, 1.82) is 0 Å².